The van der Waals surface area contributed by atoms with Gasteiger partial charge in [-0.05, 0) is 37.1 Å². The molecule has 6 nitrogen and oxygen atoms in total. The Morgan fingerprint density at radius 3 is 2.64 bits per heavy atom. The molecule has 0 aliphatic carbocycles. The molecule has 4 rings (SSSR count). The van der Waals surface area contributed by atoms with E-state index in [0.29, 0.717) is 13.1 Å². The number of rotatable bonds is 5. The number of hydrogen-bond donors (Lipinski definition) is 1. The van der Waals surface area contributed by atoms with Crippen LogP contribution in [0.2, 0.25) is 0 Å². The SMILES string of the molecule is NC(=O)C1CCCN(C(=O)CSc2nc3ccccc3n2-c2ccccc2)C1. The standard InChI is InChI=1S/C21H22N4O2S/c22-20(27)15-7-6-12-24(13-15)19(26)14-28-21-23-17-10-4-5-11-18(17)25(21)16-8-2-1-3-9-16/h1-5,8-11,15H,6-7,12-14H2,(H2,22,27). The first-order valence-electron chi connectivity index (χ1n) is 9.36. The average Bonchev–Trinajstić information content (AvgIpc) is 3.11. The van der Waals surface area contributed by atoms with E-state index in [1.165, 1.54) is 11.8 Å². The number of piperidine rings is 1. The Labute approximate surface area is 167 Å². The van der Waals surface area contributed by atoms with Crippen molar-refractivity contribution in [1.82, 2.24) is 14.5 Å². The number of imidazole rings is 1. The Morgan fingerprint density at radius 2 is 1.86 bits per heavy atom. The lowest BCUT2D eigenvalue weighted by molar-refractivity contribution is -0.132. The van der Waals surface area contributed by atoms with Crippen molar-refractivity contribution in [3.63, 3.8) is 0 Å². The van der Waals surface area contributed by atoms with Gasteiger partial charge >= 0.3 is 0 Å². The van der Waals surface area contributed by atoms with Gasteiger partial charge in [0, 0.05) is 18.8 Å². The zero-order valence-corrected chi connectivity index (χ0v) is 16.3. The lowest BCUT2D eigenvalue weighted by Crippen LogP contribution is -2.44. The maximum Gasteiger partial charge on any atom is 0.233 e. The summed E-state index contributed by atoms with van der Waals surface area (Å²) in [5.41, 5.74) is 8.34. The molecular formula is C21H22N4O2S. The molecule has 2 N–H and O–H groups in total. The summed E-state index contributed by atoms with van der Waals surface area (Å²) in [5.74, 6) is -0.267. The van der Waals surface area contributed by atoms with Gasteiger partial charge in [0.15, 0.2) is 5.16 Å². The number of hydrogen-bond acceptors (Lipinski definition) is 4. The van der Waals surface area contributed by atoms with Crippen molar-refractivity contribution in [2.75, 3.05) is 18.8 Å². The Balaban J connectivity index is 1.55. The highest BCUT2D eigenvalue weighted by atomic mass is 32.2. The first-order chi connectivity index (χ1) is 13.6. The minimum atomic E-state index is -0.323. The lowest BCUT2D eigenvalue weighted by Gasteiger charge is -2.31. The molecule has 0 saturated carbocycles. The van der Waals surface area contributed by atoms with Gasteiger partial charge in [-0.2, -0.15) is 0 Å². The van der Waals surface area contributed by atoms with Crippen LogP contribution in [0.4, 0.5) is 0 Å². The number of primary amides is 1. The van der Waals surface area contributed by atoms with E-state index in [4.69, 9.17) is 10.7 Å². The smallest absolute Gasteiger partial charge is 0.233 e. The van der Waals surface area contributed by atoms with Gasteiger partial charge in [-0.25, -0.2) is 4.98 Å². The summed E-state index contributed by atoms with van der Waals surface area (Å²) < 4.78 is 2.08. The molecule has 1 saturated heterocycles. The van der Waals surface area contributed by atoms with Crippen molar-refractivity contribution in [3.05, 3.63) is 54.6 Å². The number of para-hydroxylation sites is 3. The molecule has 1 unspecified atom stereocenters. The number of nitrogens with two attached hydrogens (primary N) is 1. The fourth-order valence-electron chi connectivity index (χ4n) is 3.58. The van der Waals surface area contributed by atoms with Crippen LogP contribution in [-0.4, -0.2) is 45.1 Å². The van der Waals surface area contributed by atoms with Crippen molar-refractivity contribution in [2.45, 2.75) is 18.0 Å². The maximum atomic E-state index is 12.7. The van der Waals surface area contributed by atoms with Crippen molar-refractivity contribution in [3.8, 4) is 5.69 Å². The third-order valence-corrected chi connectivity index (χ3v) is 5.97. The van der Waals surface area contributed by atoms with Crippen LogP contribution in [0.25, 0.3) is 16.7 Å². The molecule has 0 radical (unpaired) electrons. The van der Waals surface area contributed by atoms with Crippen LogP contribution in [0, 0.1) is 5.92 Å². The predicted octanol–water partition coefficient (Wildman–Crippen LogP) is 2.84. The Morgan fingerprint density at radius 1 is 1.11 bits per heavy atom. The lowest BCUT2D eigenvalue weighted by atomic mass is 9.97. The van der Waals surface area contributed by atoms with Crippen molar-refractivity contribution in [1.29, 1.82) is 0 Å². The highest BCUT2D eigenvalue weighted by Crippen LogP contribution is 2.28. The van der Waals surface area contributed by atoms with Crippen LogP contribution in [0.15, 0.2) is 59.8 Å². The second-order valence-corrected chi connectivity index (χ2v) is 7.87. The third kappa shape index (κ3) is 3.75. The average molecular weight is 395 g/mol. The van der Waals surface area contributed by atoms with Crippen molar-refractivity contribution >= 4 is 34.6 Å². The number of benzene rings is 2. The minimum absolute atomic E-state index is 0.0163. The fourth-order valence-corrected chi connectivity index (χ4v) is 4.51. The van der Waals surface area contributed by atoms with Crippen LogP contribution in [0.5, 0.6) is 0 Å². The quantitative estimate of drug-likeness (QED) is 0.675. The van der Waals surface area contributed by atoms with Crippen LogP contribution >= 0.6 is 11.8 Å². The molecule has 1 atom stereocenters. The molecular weight excluding hydrogens is 372 g/mol. The van der Waals surface area contributed by atoms with E-state index in [1.807, 2.05) is 54.6 Å². The van der Waals surface area contributed by atoms with Gasteiger partial charge in [0.2, 0.25) is 11.8 Å². The highest BCUT2D eigenvalue weighted by Gasteiger charge is 2.27. The Bertz CT molecular complexity index is 1000. The molecule has 1 aliphatic rings. The van der Waals surface area contributed by atoms with E-state index in [1.54, 1.807) is 4.90 Å². The summed E-state index contributed by atoms with van der Waals surface area (Å²) in [6.45, 7) is 1.10. The fraction of sp³-hybridized carbons (Fsp3) is 0.286. The van der Waals surface area contributed by atoms with Gasteiger partial charge in [-0.1, -0.05) is 42.1 Å². The molecule has 7 heteroatoms. The van der Waals surface area contributed by atoms with Gasteiger partial charge < -0.3 is 10.6 Å². The van der Waals surface area contributed by atoms with Crippen LogP contribution in [0.3, 0.4) is 0 Å². The van der Waals surface area contributed by atoms with Crippen molar-refractivity contribution < 1.29 is 9.59 Å². The topological polar surface area (TPSA) is 81.2 Å². The van der Waals surface area contributed by atoms with E-state index in [0.717, 1.165) is 34.7 Å². The van der Waals surface area contributed by atoms with Crippen LogP contribution in [0.1, 0.15) is 12.8 Å². The summed E-state index contributed by atoms with van der Waals surface area (Å²) >= 11 is 1.42. The molecule has 3 aromatic rings. The maximum absolute atomic E-state index is 12.7. The van der Waals surface area contributed by atoms with Gasteiger partial charge in [0.1, 0.15) is 0 Å². The minimum Gasteiger partial charge on any atom is -0.369 e. The van der Waals surface area contributed by atoms with Crippen molar-refractivity contribution in [2.24, 2.45) is 11.7 Å². The molecule has 1 aromatic heterocycles. The summed E-state index contributed by atoms with van der Waals surface area (Å²) in [4.78, 5) is 30.7. The number of aromatic nitrogens is 2. The zero-order chi connectivity index (χ0) is 19.5. The second-order valence-electron chi connectivity index (χ2n) is 6.92. The molecule has 0 bridgehead atoms. The number of nitrogens with zero attached hydrogens (tertiary/aromatic N) is 3. The van der Waals surface area contributed by atoms with Gasteiger partial charge in [-0.15, -0.1) is 0 Å². The van der Waals surface area contributed by atoms with Gasteiger partial charge in [0.05, 0.1) is 22.7 Å². The predicted molar refractivity (Wildman–Crippen MR) is 110 cm³/mol. The Kier molecular flexibility index (Phi) is 5.34. The summed E-state index contributed by atoms with van der Waals surface area (Å²) in [5, 5.41) is 0.782. The molecule has 28 heavy (non-hydrogen) atoms. The summed E-state index contributed by atoms with van der Waals surface area (Å²) in [6.07, 6.45) is 1.57. The monoisotopic (exact) mass is 394 g/mol. The largest absolute Gasteiger partial charge is 0.369 e. The molecule has 144 valence electrons. The third-order valence-electron chi connectivity index (χ3n) is 5.05. The molecule has 2 aromatic carbocycles. The number of fused-ring (bicyclic) bond motifs is 1. The number of carbonyl (C=O) groups is 2. The second kappa shape index (κ2) is 8.06. The Hall–Kier alpha value is -2.80. The molecule has 2 heterocycles. The first-order valence-corrected chi connectivity index (χ1v) is 10.3. The van der Waals surface area contributed by atoms with E-state index in [9.17, 15) is 9.59 Å². The van der Waals surface area contributed by atoms with Crippen LogP contribution in [-0.2, 0) is 9.59 Å². The number of carbonyl (C=O) groups excluding carboxylic acids is 2. The van der Waals surface area contributed by atoms with Crippen LogP contribution < -0.4 is 5.73 Å². The number of thioether (sulfide) groups is 1. The van der Waals surface area contributed by atoms with E-state index in [-0.39, 0.29) is 23.5 Å². The number of likely N-dealkylation sites (tertiary alicyclic amines) is 1. The summed E-state index contributed by atoms with van der Waals surface area (Å²) in [6, 6.07) is 18.0. The van der Waals surface area contributed by atoms with Gasteiger partial charge in [0.25, 0.3) is 0 Å². The summed E-state index contributed by atoms with van der Waals surface area (Å²) in [7, 11) is 0. The van der Waals surface area contributed by atoms with E-state index >= 15 is 0 Å². The molecule has 1 aliphatic heterocycles. The van der Waals surface area contributed by atoms with Gasteiger partial charge in [-0.3, -0.25) is 14.2 Å². The zero-order valence-electron chi connectivity index (χ0n) is 15.5. The van der Waals surface area contributed by atoms with E-state index < -0.39 is 0 Å². The molecule has 0 spiro atoms. The highest BCUT2D eigenvalue weighted by molar-refractivity contribution is 7.99. The number of amides is 2. The molecule has 1 fully saturated rings. The molecule has 2 amide bonds. The first kappa shape index (κ1) is 18.6. The van der Waals surface area contributed by atoms with E-state index in [2.05, 4.69) is 4.57 Å². The normalized spacial score (nSPS) is 17.0.